The van der Waals surface area contributed by atoms with Crippen molar-refractivity contribution in [2.45, 2.75) is 18.7 Å². The molecule has 1 aromatic heterocycles. The maximum absolute atomic E-state index is 12.6. The Bertz CT molecular complexity index is 997. The molecule has 0 saturated carbocycles. The highest BCUT2D eigenvalue weighted by molar-refractivity contribution is 7.92. The maximum Gasteiger partial charge on any atom is 0.261 e. The topological polar surface area (TPSA) is 68.3 Å². The molecule has 0 bridgehead atoms. The van der Waals surface area contributed by atoms with Crippen LogP contribution < -0.4 is 9.46 Å². The van der Waals surface area contributed by atoms with Crippen molar-refractivity contribution >= 4 is 26.6 Å². The minimum absolute atomic E-state index is 0.213. The number of aromatic nitrogens is 1. The average Bonchev–Trinajstić information content (AvgIpc) is 2.55. The Labute approximate surface area is 141 Å². The fourth-order valence-electron chi connectivity index (χ4n) is 2.51. The summed E-state index contributed by atoms with van der Waals surface area (Å²) in [6.45, 7) is 3.75. The number of para-hydroxylation sites is 1. The number of hydrogen-bond acceptors (Lipinski definition) is 4. The normalized spacial score (nSPS) is 11.5. The van der Waals surface area contributed by atoms with Gasteiger partial charge >= 0.3 is 0 Å². The van der Waals surface area contributed by atoms with Crippen LogP contribution in [0.15, 0.2) is 53.4 Å². The Morgan fingerprint density at radius 3 is 2.42 bits per heavy atom. The molecule has 0 unspecified atom stereocenters. The second-order valence-electron chi connectivity index (χ2n) is 5.59. The van der Waals surface area contributed by atoms with Gasteiger partial charge in [0.2, 0.25) is 0 Å². The molecule has 0 spiro atoms. The number of fused-ring (bicyclic) bond motifs is 1. The van der Waals surface area contributed by atoms with E-state index in [9.17, 15) is 8.42 Å². The highest BCUT2D eigenvalue weighted by Crippen LogP contribution is 2.31. The molecule has 2 aromatic carbocycles. The van der Waals surface area contributed by atoms with Crippen molar-refractivity contribution in [1.29, 1.82) is 0 Å². The number of hydrogen-bond donors (Lipinski definition) is 1. The van der Waals surface area contributed by atoms with Gasteiger partial charge in [-0.3, -0.25) is 9.71 Å². The van der Waals surface area contributed by atoms with Gasteiger partial charge < -0.3 is 4.74 Å². The van der Waals surface area contributed by atoms with Gasteiger partial charge in [-0.25, -0.2) is 8.42 Å². The standard InChI is InChI=1S/C18H18N2O3S/c1-12-7-9-14(10-8-12)24(21,22)20-16-6-4-5-15-17(23-3)11-13(2)19-18(15)16/h4-11,20H,1-3H3. The zero-order valence-corrected chi connectivity index (χ0v) is 14.5. The van der Waals surface area contributed by atoms with Crippen molar-refractivity contribution in [3.8, 4) is 5.75 Å². The molecule has 0 aliphatic rings. The number of benzene rings is 2. The molecular formula is C18H18N2O3S. The number of nitrogens with one attached hydrogen (secondary N) is 1. The molecule has 1 heterocycles. The molecule has 124 valence electrons. The molecule has 3 rings (SSSR count). The molecule has 6 heteroatoms. The Morgan fingerprint density at radius 2 is 1.75 bits per heavy atom. The number of anilines is 1. The van der Waals surface area contributed by atoms with Gasteiger partial charge in [-0.1, -0.05) is 23.8 Å². The fraction of sp³-hybridized carbons (Fsp3) is 0.167. The van der Waals surface area contributed by atoms with Gasteiger partial charge in [-0.05, 0) is 38.1 Å². The molecule has 0 amide bonds. The number of nitrogens with zero attached hydrogens (tertiary/aromatic N) is 1. The Balaban J connectivity index is 2.10. The lowest BCUT2D eigenvalue weighted by Crippen LogP contribution is -2.13. The second kappa shape index (κ2) is 6.13. The van der Waals surface area contributed by atoms with Crippen LogP contribution >= 0.6 is 0 Å². The van der Waals surface area contributed by atoms with Crippen molar-refractivity contribution in [3.05, 3.63) is 59.8 Å². The first-order chi connectivity index (χ1) is 11.4. The van der Waals surface area contributed by atoms with Crippen LogP contribution in [0.5, 0.6) is 5.75 Å². The Morgan fingerprint density at radius 1 is 1.04 bits per heavy atom. The van der Waals surface area contributed by atoms with E-state index in [4.69, 9.17) is 4.74 Å². The summed E-state index contributed by atoms with van der Waals surface area (Å²) in [7, 11) is -2.10. The zero-order valence-electron chi connectivity index (χ0n) is 13.7. The van der Waals surface area contributed by atoms with E-state index in [1.54, 1.807) is 43.5 Å². The van der Waals surface area contributed by atoms with E-state index in [1.165, 1.54) is 0 Å². The summed E-state index contributed by atoms with van der Waals surface area (Å²) < 4.78 is 33.3. The Kier molecular flexibility index (Phi) is 4.15. The van der Waals surface area contributed by atoms with Gasteiger partial charge in [0.25, 0.3) is 10.0 Å². The second-order valence-corrected chi connectivity index (χ2v) is 7.27. The van der Waals surface area contributed by atoms with Crippen LogP contribution in [0.1, 0.15) is 11.3 Å². The number of rotatable bonds is 4. The summed E-state index contributed by atoms with van der Waals surface area (Å²) in [5, 5.41) is 0.757. The van der Waals surface area contributed by atoms with Crippen molar-refractivity contribution in [3.63, 3.8) is 0 Å². The molecule has 24 heavy (non-hydrogen) atoms. The first-order valence-corrected chi connectivity index (χ1v) is 8.93. The van der Waals surface area contributed by atoms with Gasteiger partial charge in [0, 0.05) is 17.1 Å². The third-order valence-electron chi connectivity index (χ3n) is 3.73. The lowest BCUT2D eigenvalue weighted by molar-refractivity contribution is 0.419. The van der Waals surface area contributed by atoms with Crippen molar-refractivity contribution in [1.82, 2.24) is 4.98 Å². The van der Waals surface area contributed by atoms with Crippen LogP contribution in [-0.2, 0) is 10.0 Å². The lowest BCUT2D eigenvalue weighted by atomic mass is 10.1. The van der Waals surface area contributed by atoms with Crippen LogP contribution in [0.4, 0.5) is 5.69 Å². The monoisotopic (exact) mass is 342 g/mol. The molecule has 5 nitrogen and oxygen atoms in total. The van der Waals surface area contributed by atoms with E-state index in [0.717, 1.165) is 16.6 Å². The number of aryl methyl sites for hydroxylation is 2. The largest absolute Gasteiger partial charge is 0.496 e. The summed E-state index contributed by atoms with van der Waals surface area (Å²) in [5.41, 5.74) is 2.74. The lowest BCUT2D eigenvalue weighted by Gasteiger charge is -2.13. The maximum atomic E-state index is 12.6. The number of methoxy groups -OCH3 is 1. The average molecular weight is 342 g/mol. The third kappa shape index (κ3) is 3.05. The molecule has 1 N–H and O–H groups in total. The molecule has 0 aliphatic carbocycles. The van der Waals surface area contributed by atoms with Crippen molar-refractivity contribution in [2.75, 3.05) is 11.8 Å². The van der Waals surface area contributed by atoms with Crippen LogP contribution in [0.25, 0.3) is 10.9 Å². The molecule has 0 saturated heterocycles. The van der Waals surface area contributed by atoms with Gasteiger partial charge in [0.1, 0.15) is 5.75 Å². The van der Waals surface area contributed by atoms with E-state index in [-0.39, 0.29) is 4.90 Å². The number of sulfonamides is 1. The van der Waals surface area contributed by atoms with Gasteiger partial charge in [0.15, 0.2) is 0 Å². The summed E-state index contributed by atoms with van der Waals surface area (Å²) >= 11 is 0. The highest BCUT2D eigenvalue weighted by atomic mass is 32.2. The smallest absolute Gasteiger partial charge is 0.261 e. The van der Waals surface area contributed by atoms with Crippen LogP contribution in [-0.4, -0.2) is 20.5 Å². The van der Waals surface area contributed by atoms with E-state index < -0.39 is 10.0 Å². The fourth-order valence-corrected chi connectivity index (χ4v) is 3.58. The highest BCUT2D eigenvalue weighted by Gasteiger charge is 2.17. The number of ether oxygens (including phenoxy) is 1. The van der Waals surface area contributed by atoms with E-state index >= 15 is 0 Å². The van der Waals surface area contributed by atoms with E-state index in [2.05, 4.69) is 9.71 Å². The summed E-state index contributed by atoms with van der Waals surface area (Å²) in [6, 6.07) is 13.8. The SMILES string of the molecule is COc1cc(C)nc2c(NS(=O)(=O)c3ccc(C)cc3)cccc12. The molecule has 0 aliphatic heterocycles. The molecule has 0 atom stereocenters. The first-order valence-electron chi connectivity index (χ1n) is 7.44. The van der Waals surface area contributed by atoms with E-state index in [0.29, 0.717) is 17.0 Å². The zero-order chi connectivity index (χ0) is 17.3. The van der Waals surface area contributed by atoms with Crippen LogP contribution in [0.3, 0.4) is 0 Å². The first kappa shape index (κ1) is 16.3. The molecule has 3 aromatic rings. The van der Waals surface area contributed by atoms with Gasteiger partial charge in [-0.15, -0.1) is 0 Å². The number of pyridine rings is 1. The molecule has 0 fully saturated rings. The summed E-state index contributed by atoms with van der Waals surface area (Å²) in [5.74, 6) is 0.661. The molecular weight excluding hydrogens is 324 g/mol. The molecule has 0 radical (unpaired) electrons. The van der Waals surface area contributed by atoms with Crippen molar-refractivity contribution < 1.29 is 13.2 Å². The van der Waals surface area contributed by atoms with Gasteiger partial charge in [-0.2, -0.15) is 0 Å². The summed E-state index contributed by atoms with van der Waals surface area (Å²) in [6.07, 6.45) is 0. The van der Waals surface area contributed by atoms with Crippen molar-refractivity contribution in [2.24, 2.45) is 0 Å². The van der Waals surface area contributed by atoms with E-state index in [1.807, 2.05) is 26.0 Å². The predicted octanol–water partition coefficient (Wildman–Crippen LogP) is 3.66. The summed E-state index contributed by atoms with van der Waals surface area (Å²) in [4.78, 5) is 4.68. The van der Waals surface area contributed by atoms with Crippen LogP contribution in [0.2, 0.25) is 0 Å². The van der Waals surface area contributed by atoms with Crippen LogP contribution in [0, 0.1) is 13.8 Å². The quantitative estimate of drug-likeness (QED) is 0.785. The third-order valence-corrected chi connectivity index (χ3v) is 5.11. The minimum Gasteiger partial charge on any atom is -0.496 e. The Hall–Kier alpha value is -2.60. The van der Waals surface area contributed by atoms with Gasteiger partial charge in [0.05, 0.1) is 23.2 Å². The minimum atomic E-state index is -3.68. The predicted molar refractivity (Wildman–Crippen MR) is 95.0 cm³/mol.